The second-order valence-corrected chi connectivity index (χ2v) is 4.18. The maximum absolute atomic E-state index is 12.1. The van der Waals surface area contributed by atoms with Crippen molar-refractivity contribution in [2.24, 2.45) is 0 Å². The van der Waals surface area contributed by atoms with E-state index in [1.54, 1.807) is 24.4 Å². The molecule has 0 unspecified atom stereocenters. The van der Waals surface area contributed by atoms with Crippen molar-refractivity contribution < 1.29 is 13.9 Å². The standard InChI is InChI=1S/C14H17N3O3/c1-3-9-7-16-12(20-9)8-17-14(18)10-5-4-6-11(19-2)13(10)15/h4-7H,3,8,15H2,1-2H3,(H,17,18). The average Bonchev–Trinajstić information content (AvgIpc) is 2.93. The number of nitrogens with two attached hydrogens (primary N) is 1. The summed E-state index contributed by atoms with van der Waals surface area (Å²) in [5.74, 6) is 1.44. The van der Waals surface area contributed by atoms with Gasteiger partial charge in [0.15, 0.2) is 0 Å². The molecule has 0 saturated carbocycles. The number of benzene rings is 1. The fourth-order valence-corrected chi connectivity index (χ4v) is 1.76. The molecule has 0 bridgehead atoms. The van der Waals surface area contributed by atoms with E-state index >= 15 is 0 Å². The Morgan fingerprint density at radius 3 is 2.95 bits per heavy atom. The van der Waals surface area contributed by atoms with E-state index in [4.69, 9.17) is 14.9 Å². The minimum absolute atomic E-state index is 0.218. The number of aryl methyl sites for hydroxylation is 1. The maximum atomic E-state index is 12.1. The lowest BCUT2D eigenvalue weighted by Gasteiger charge is -2.09. The number of carbonyl (C=O) groups is 1. The Kier molecular flexibility index (Phi) is 4.24. The molecule has 0 atom stereocenters. The van der Waals surface area contributed by atoms with Crippen LogP contribution in [0, 0.1) is 0 Å². The number of hydrogen-bond acceptors (Lipinski definition) is 5. The minimum atomic E-state index is -0.294. The molecule has 1 aromatic heterocycles. The number of methoxy groups -OCH3 is 1. The first-order valence-electron chi connectivity index (χ1n) is 6.30. The molecular formula is C14H17N3O3. The molecule has 0 saturated heterocycles. The number of nitrogen functional groups attached to an aromatic ring is 1. The number of carbonyl (C=O) groups excluding carboxylic acids is 1. The number of oxazole rings is 1. The van der Waals surface area contributed by atoms with Gasteiger partial charge in [-0.25, -0.2) is 4.98 Å². The first kappa shape index (κ1) is 13.9. The summed E-state index contributed by atoms with van der Waals surface area (Å²) in [7, 11) is 1.51. The third-order valence-corrected chi connectivity index (χ3v) is 2.88. The van der Waals surface area contributed by atoms with Crippen molar-refractivity contribution in [2.45, 2.75) is 19.9 Å². The van der Waals surface area contributed by atoms with Crippen LogP contribution in [-0.4, -0.2) is 18.0 Å². The summed E-state index contributed by atoms with van der Waals surface area (Å²) >= 11 is 0. The van der Waals surface area contributed by atoms with Crippen LogP contribution >= 0.6 is 0 Å². The highest BCUT2D eigenvalue weighted by Crippen LogP contribution is 2.24. The monoisotopic (exact) mass is 275 g/mol. The van der Waals surface area contributed by atoms with Crippen LogP contribution in [0.4, 0.5) is 5.69 Å². The highest BCUT2D eigenvalue weighted by molar-refractivity contribution is 6.00. The molecule has 6 heteroatoms. The van der Waals surface area contributed by atoms with E-state index in [-0.39, 0.29) is 12.5 Å². The number of aromatic nitrogens is 1. The quantitative estimate of drug-likeness (QED) is 0.811. The zero-order valence-electron chi connectivity index (χ0n) is 11.5. The van der Waals surface area contributed by atoms with Crippen molar-refractivity contribution in [3.05, 3.63) is 41.6 Å². The summed E-state index contributed by atoms with van der Waals surface area (Å²) in [6.07, 6.45) is 2.42. The van der Waals surface area contributed by atoms with E-state index in [1.165, 1.54) is 7.11 Å². The molecule has 0 fully saturated rings. The van der Waals surface area contributed by atoms with Crippen LogP contribution in [0.1, 0.15) is 28.9 Å². The van der Waals surface area contributed by atoms with Crippen molar-refractivity contribution in [2.75, 3.05) is 12.8 Å². The molecule has 2 rings (SSSR count). The molecule has 1 heterocycles. The first-order valence-corrected chi connectivity index (χ1v) is 6.30. The second-order valence-electron chi connectivity index (χ2n) is 4.18. The zero-order chi connectivity index (χ0) is 14.5. The van der Waals surface area contributed by atoms with Gasteiger partial charge in [0.2, 0.25) is 5.89 Å². The number of nitrogens with one attached hydrogen (secondary N) is 1. The van der Waals surface area contributed by atoms with Gasteiger partial charge in [0.1, 0.15) is 11.5 Å². The molecule has 20 heavy (non-hydrogen) atoms. The summed E-state index contributed by atoms with van der Waals surface area (Å²) in [6.45, 7) is 2.19. The van der Waals surface area contributed by atoms with Gasteiger partial charge in [-0.15, -0.1) is 0 Å². The van der Waals surface area contributed by atoms with Gasteiger partial charge in [-0.3, -0.25) is 4.79 Å². The number of nitrogens with zero attached hydrogens (tertiary/aromatic N) is 1. The Labute approximate surface area is 116 Å². The van der Waals surface area contributed by atoms with E-state index in [1.807, 2.05) is 6.92 Å². The highest BCUT2D eigenvalue weighted by atomic mass is 16.5. The van der Waals surface area contributed by atoms with Gasteiger partial charge in [-0.05, 0) is 12.1 Å². The van der Waals surface area contributed by atoms with Gasteiger partial charge >= 0.3 is 0 Å². The van der Waals surface area contributed by atoms with Crippen LogP contribution in [0.3, 0.4) is 0 Å². The molecule has 0 aliphatic carbocycles. The zero-order valence-corrected chi connectivity index (χ0v) is 11.5. The van der Waals surface area contributed by atoms with Crippen molar-refractivity contribution in [3.8, 4) is 5.75 Å². The van der Waals surface area contributed by atoms with Crippen LogP contribution in [0.2, 0.25) is 0 Å². The van der Waals surface area contributed by atoms with Gasteiger partial charge in [0.05, 0.1) is 31.1 Å². The van der Waals surface area contributed by atoms with Crippen LogP contribution in [0.5, 0.6) is 5.75 Å². The predicted molar refractivity (Wildman–Crippen MR) is 74.5 cm³/mol. The second kappa shape index (κ2) is 6.10. The van der Waals surface area contributed by atoms with Crippen LogP contribution in [-0.2, 0) is 13.0 Å². The normalized spacial score (nSPS) is 10.3. The lowest BCUT2D eigenvalue weighted by Crippen LogP contribution is -2.24. The minimum Gasteiger partial charge on any atom is -0.495 e. The molecular weight excluding hydrogens is 258 g/mol. The van der Waals surface area contributed by atoms with Gasteiger partial charge in [0, 0.05) is 6.42 Å². The fourth-order valence-electron chi connectivity index (χ4n) is 1.76. The third-order valence-electron chi connectivity index (χ3n) is 2.88. The number of para-hydroxylation sites is 1. The molecule has 0 spiro atoms. The molecule has 106 valence electrons. The Balaban J connectivity index is 2.05. The first-order chi connectivity index (χ1) is 9.65. The van der Waals surface area contributed by atoms with Gasteiger partial charge in [0.25, 0.3) is 5.91 Å². The molecule has 1 amide bonds. The summed E-state index contributed by atoms with van der Waals surface area (Å²) in [4.78, 5) is 16.1. The summed E-state index contributed by atoms with van der Waals surface area (Å²) in [5.41, 5.74) is 6.55. The van der Waals surface area contributed by atoms with Crippen molar-refractivity contribution in [1.29, 1.82) is 0 Å². The molecule has 1 aromatic carbocycles. The lowest BCUT2D eigenvalue weighted by atomic mass is 10.1. The molecule has 0 aliphatic rings. The SMILES string of the molecule is CCc1cnc(CNC(=O)c2cccc(OC)c2N)o1. The Bertz CT molecular complexity index is 607. The molecule has 3 N–H and O–H groups in total. The molecule has 2 aromatic rings. The van der Waals surface area contributed by atoms with Crippen molar-refractivity contribution in [3.63, 3.8) is 0 Å². The lowest BCUT2D eigenvalue weighted by molar-refractivity contribution is 0.0947. The van der Waals surface area contributed by atoms with Gasteiger partial charge in [-0.2, -0.15) is 0 Å². The average molecular weight is 275 g/mol. The topological polar surface area (TPSA) is 90.4 Å². The number of amides is 1. The van der Waals surface area contributed by atoms with E-state index in [0.29, 0.717) is 22.9 Å². The molecule has 0 aliphatic heterocycles. The van der Waals surface area contributed by atoms with Crippen molar-refractivity contribution >= 4 is 11.6 Å². The highest BCUT2D eigenvalue weighted by Gasteiger charge is 2.13. The maximum Gasteiger partial charge on any atom is 0.253 e. The number of ether oxygens (including phenoxy) is 1. The van der Waals surface area contributed by atoms with Gasteiger partial charge in [-0.1, -0.05) is 13.0 Å². The third kappa shape index (κ3) is 2.90. The van der Waals surface area contributed by atoms with Crippen LogP contribution in [0.15, 0.2) is 28.8 Å². The van der Waals surface area contributed by atoms with E-state index in [9.17, 15) is 4.79 Å². The Morgan fingerprint density at radius 2 is 2.30 bits per heavy atom. The van der Waals surface area contributed by atoms with Crippen LogP contribution in [0.25, 0.3) is 0 Å². The van der Waals surface area contributed by atoms with E-state index < -0.39 is 0 Å². The number of hydrogen-bond donors (Lipinski definition) is 2. The number of anilines is 1. The van der Waals surface area contributed by atoms with Gasteiger partial charge < -0.3 is 20.2 Å². The molecule has 6 nitrogen and oxygen atoms in total. The van der Waals surface area contributed by atoms with Crippen LogP contribution < -0.4 is 15.8 Å². The number of rotatable bonds is 5. The molecule has 0 radical (unpaired) electrons. The Hall–Kier alpha value is -2.50. The summed E-state index contributed by atoms with van der Waals surface area (Å²) in [5, 5.41) is 2.71. The van der Waals surface area contributed by atoms with E-state index in [0.717, 1.165) is 12.2 Å². The van der Waals surface area contributed by atoms with E-state index in [2.05, 4.69) is 10.3 Å². The van der Waals surface area contributed by atoms with Crippen molar-refractivity contribution in [1.82, 2.24) is 10.3 Å². The Morgan fingerprint density at radius 1 is 1.50 bits per heavy atom. The smallest absolute Gasteiger partial charge is 0.253 e. The summed E-state index contributed by atoms with van der Waals surface area (Å²) < 4.78 is 10.5. The largest absolute Gasteiger partial charge is 0.495 e. The fraction of sp³-hybridized carbons (Fsp3) is 0.286. The summed E-state index contributed by atoms with van der Waals surface area (Å²) in [6, 6.07) is 5.05. The predicted octanol–water partition coefficient (Wildman–Crippen LogP) is 1.76.